The molecule has 0 unspecified atom stereocenters. The first-order valence-corrected chi connectivity index (χ1v) is 6.74. The Labute approximate surface area is 116 Å². The number of benzene rings is 1. The number of aliphatic imine (C=N–C) groups is 1. The summed E-state index contributed by atoms with van der Waals surface area (Å²) in [5, 5.41) is 0.958. The molecule has 0 saturated carbocycles. The fourth-order valence-corrected chi connectivity index (χ4v) is 1.75. The minimum absolute atomic E-state index is 0.595. The van der Waals surface area contributed by atoms with Crippen LogP contribution in [-0.4, -0.2) is 39.4 Å². The smallest absolute Gasteiger partial charge is 0.203 e. The summed E-state index contributed by atoms with van der Waals surface area (Å²) >= 11 is 3.37. The van der Waals surface area contributed by atoms with E-state index < -0.39 is 0 Å². The van der Waals surface area contributed by atoms with Gasteiger partial charge in [-0.3, -0.25) is 4.99 Å². The van der Waals surface area contributed by atoms with Gasteiger partial charge in [-0.2, -0.15) is 0 Å². The molecule has 0 spiro atoms. The number of halogens is 1. The van der Waals surface area contributed by atoms with Crippen molar-refractivity contribution in [3.05, 3.63) is 17.7 Å². The molecule has 1 aromatic rings. The Balaban J connectivity index is 2.96. The van der Waals surface area contributed by atoms with E-state index in [-0.39, 0.29) is 0 Å². The van der Waals surface area contributed by atoms with Gasteiger partial charge >= 0.3 is 0 Å². The van der Waals surface area contributed by atoms with Crippen LogP contribution in [0.4, 0.5) is 0 Å². The summed E-state index contributed by atoms with van der Waals surface area (Å²) < 4.78 is 15.8. The molecule has 0 atom stereocenters. The summed E-state index contributed by atoms with van der Waals surface area (Å²) in [6.07, 6.45) is 2.83. The van der Waals surface area contributed by atoms with Gasteiger partial charge in [0.15, 0.2) is 11.5 Å². The molecule has 0 aliphatic heterocycles. The van der Waals surface area contributed by atoms with Crippen LogP contribution in [0.15, 0.2) is 17.1 Å². The minimum atomic E-state index is 0.595. The van der Waals surface area contributed by atoms with Crippen molar-refractivity contribution in [1.82, 2.24) is 0 Å². The van der Waals surface area contributed by atoms with E-state index in [2.05, 4.69) is 20.9 Å². The second-order valence-corrected chi connectivity index (χ2v) is 4.33. The highest BCUT2D eigenvalue weighted by molar-refractivity contribution is 9.09. The zero-order valence-corrected chi connectivity index (χ0v) is 12.5. The van der Waals surface area contributed by atoms with Crippen LogP contribution in [0.2, 0.25) is 0 Å². The Kier molecular flexibility index (Phi) is 6.57. The third kappa shape index (κ3) is 3.91. The Morgan fingerprint density at radius 3 is 2.17 bits per heavy atom. The lowest BCUT2D eigenvalue weighted by molar-refractivity contribution is 0.324. The summed E-state index contributed by atoms with van der Waals surface area (Å²) in [7, 11) is 4.79. The van der Waals surface area contributed by atoms with Gasteiger partial charge in [-0.1, -0.05) is 15.9 Å². The lowest BCUT2D eigenvalue weighted by Crippen LogP contribution is -1.97. The van der Waals surface area contributed by atoms with Crippen molar-refractivity contribution in [2.75, 3.05) is 33.2 Å². The lowest BCUT2D eigenvalue weighted by atomic mass is 10.2. The Bertz CT molecular complexity index is 382. The fraction of sp³-hybridized carbons (Fsp3) is 0.462. The Morgan fingerprint density at radius 1 is 1.11 bits per heavy atom. The van der Waals surface area contributed by atoms with Gasteiger partial charge in [0.1, 0.15) is 0 Å². The molecule has 0 N–H and O–H groups in total. The molecule has 0 saturated heterocycles. The third-order valence-electron chi connectivity index (χ3n) is 2.35. The second kappa shape index (κ2) is 7.97. The molecule has 100 valence electrons. The van der Waals surface area contributed by atoms with E-state index in [9.17, 15) is 0 Å². The topological polar surface area (TPSA) is 40.0 Å². The van der Waals surface area contributed by atoms with E-state index in [0.717, 1.165) is 23.9 Å². The molecule has 0 bridgehead atoms. The van der Waals surface area contributed by atoms with Crippen molar-refractivity contribution in [2.24, 2.45) is 4.99 Å². The highest BCUT2D eigenvalue weighted by Gasteiger charge is 2.11. The Morgan fingerprint density at radius 2 is 1.72 bits per heavy atom. The standard InChI is InChI=1S/C13H18BrNO3/c1-16-11-7-10(9-15-6-4-5-14)8-12(17-2)13(11)18-3/h7-9H,4-6H2,1-3H3. The van der Waals surface area contributed by atoms with Crippen LogP contribution in [0.25, 0.3) is 0 Å². The van der Waals surface area contributed by atoms with Crippen molar-refractivity contribution < 1.29 is 14.2 Å². The molecule has 4 nitrogen and oxygen atoms in total. The average Bonchev–Trinajstić information content (AvgIpc) is 2.42. The van der Waals surface area contributed by atoms with Crippen LogP contribution in [0.1, 0.15) is 12.0 Å². The maximum Gasteiger partial charge on any atom is 0.203 e. The molecular weight excluding hydrogens is 298 g/mol. The van der Waals surface area contributed by atoms with E-state index in [0.29, 0.717) is 17.2 Å². The van der Waals surface area contributed by atoms with Gasteiger partial charge in [-0.15, -0.1) is 0 Å². The Hall–Kier alpha value is -1.23. The summed E-state index contributed by atoms with van der Waals surface area (Å²) in [6.45, 7) is 0.794. The van der Waals surface area contributed by atoms with Crippen molar-refractivity contribution in [1.29, 1.82) is 0 Å². The van der Waals surface area contributed by atoms with Gasteiger partial charge in [0.2, 0.25) is 5.75 Å². The first kappa shape index (κ1) is 14.8. The fourth-order valence-electron chi connectivity index (χ4n) is 1.50. The van der Waals surface area contributed by atoms with E-state index in [1.807, 2.05) is 18.3 Å². The molecule has 0 fully saturated rings. The first-order valence-electron chi connectivity index (χ1n) is 5.62. The van der Waals surface area contributed by atoms with Crippen molar-refractivity contribution in [3.63, 3.8) is 0 Å². The molecule has 0 aliphatic carbocycles. The van der Waals surface area contributed by atoms with Crippen LogP contribution in [0.5, 0.6) is 17.2 Å². The van der Waals surface area contributed by atoms with Crippen LogP contribution in [-0.2, 0) is 0 Å². The quantitative estimate of drug-likeness (QED) is 0.441. The number of hydrogen-bond donors (Lipinski definition) is 0. The minimum Gasteiger partial charge on any atom is -0.493 e. The van der Waals surface area contributed by atoms with Crippen molar-refractivity contribution in [2.45, 2.75) is 6.42 Å². The zero-order valence-electron chi connectivity index (χ0n) is 10.9. The van der Waals surface area contributed by atoms with Gasteiger partial charge < -0.3 is 14.2 Å². The first-order chi connectivity index (χ1) is 8.76. The van der Waals surface area contributed by atoms with Gasteiger partial charge in [-0.25, -0.2) is 0 Å². The number of rotatable bonds is 7. The number of methoxy groups -OCH3 is 3. The molecule has 0 radical (unpaired) electrons. The predicted molar refractivity (Wildman–Crippen MR) is 77.0 cm³/mol. The summed E-state index contributed by atoms with van der Waals surface area (Å²) in [4.78, 5) is 4.33. The lowest BCUT2D eigenvalue weighted by Gasteiger charge is -2.12. The number of alkyl halides is 1. The van der Waals surface area contributed by atoms with Crippen LogP contribution in [0, 0.1) is 0 Å². The van der Waals surface area contributed by atoms with E-state index in [1.54, 1.807) is 21.3 Å². The molecule has 0 aromatic heterocycles. The summed E-state index contributed by atoms with van der Waals surface area (Å²) in [6, 6.07) is 3.75. The molecular formula is C13H18BrNO3. The van der Waals surface area contributed by atoms with Crippen LogP contribution < -0.4 is 14.2 Å². The summed E-state index contributed by atoms with van der Waals surface area (Å²) in [5.74, 6) is 1.87. The zero-order chi connectivity index (χ0) is 13.4. The SMILES string of the molecule is COc1cc(C=NCCCBr)cc(OC)c1OC. The monoisotopic (exact) mass is 315 g/mol. The van der Waals surface area contributed by atoms with Crippen LogP contribution in [0.3, 0.4) is 0 Å². The largest absolute Gasteiger partial charge is 0.493 e. The maximum atomic E-state index is 5.27. The molecule has 0 amide bonds. The number of ether oxygens (including phenoxy) is 3. The molecule has 1 aromatic carbocycles. The van der Waals surface area contributed by atoms with Gasteiger partial charge in [-0.05, 0) is 24.1 Å². The van der Waals surface area contributed by atoms with Crippen molar-refractivity contribution >= 4 is 22.1 Å². The van der Waals surface area contributed by atoms with E-state index >= 15 is 0 Å². The molecule has 1 rings (SSSR count). The van der Waals surface area contributed by atoms with Crippen LogP contribution >= 0.6 is 15.9 Å². The normalized spacial score (nSPS) is 10.7. The summed E-state index contributed by atoms with van der Waals surface area (Å²) in [5.41, 5.74) is 0.930. The van der Waals surface area contributed by atoms with E-state index in [1.165, 1.54) is 0 Å². The van der Waals surface area contributed by atoms with E-state index in [4.69, 9.17) is 14.2 Å². The second-order valence-electron chi connectivity index (χ2n) is 3.54. The third-order valence-corrected chi connectivity index (χ3v) is 2.91. The molecule has 5 heteroatoms. The highest BCUT2D eigenvalue weighted by atomic mass is 79.9. The molecule has 0 aliphatic rings. The van der Waals surface area contributed by atoms with Gasteiger partial charge in [0.05, 0.1) is 21.3 Å². The molecule has 0 heterocycles. The van der Waals surface area contributed by atoms with Crippen molar-refractivity contribution in [3.8, 4) is 17.2 Å². The van der Waals surface area contributed by atoms with Gasteiger partial charge in [0.25, 0.3) is 0 Å². The average molecular weight is 316 g/mol. The van der Waals surface area contributed by atoms with Gasteiger partial charge in [0, 0.05) is 18.1 Å². The number of hydrogen-bond acceptors (Lipinski definition) is 4. The highest BCUT2D eigenvalue weighted by Crippen LogP contribution is 2.37. The predicted octanol–water partition coefficient (Wildman–Crippen LogP) is 2.92. The number of nitrogens with zero attached hydrogens (tertiary/aromatic N) is 1. The molecule has 18 heavy (non-hydrogen) atoms. The maximum absolute atomic E-state index is 5.27.